The Morgan fingerprint density at radius 3 is 1.12 bits per heavy atom. The van der Waals surface area contributed by atoms with Gasteiger partial charge in [-0.25, -0.2) is 9.78 Å². The molecule has 1 rings (SSSR count). The number of imidazole rings is 1. The van der Waals surface area contributed by atoms with Crippen molar-refractivity contribution < 1.29 is 43.5 Å². The third kappa shape index (κ3) is 29.8. The van der Waals surface area contributed by atoms with Crippen molar-refractivity contribution >= 4 is 65.2 Å². The van der Waals surface area contributed by atoms with Crippen LogP contribution in [0.4, 0.5) is 0 Å². The number of amides is 7. The van der Waals surface area contributed by atoms with E-state index in [0.717, 1.165) is 0 Å². The zero-order chi connectivity index (χ0) is 58.7. The average Bonchev–Trinajstić information content (AvgIpc) is 3.87. The summed E-state index contributed by atoms with van der Waals surface area (Å²) in [6, 6.07) is -9.99. The Morgan fingerprint density at radius 1 is 0.500 bits per heavy atom. The number of rotatable bonds is 41. The van der Waals surface area contributed by atoms with E-state index in [1.54, 1.807) is 20.0 Å². The summed E-state index contributed by atoms with van der Waals surface area (Å²) < 4.78 is 0. The second kappa shape index (κ2) is 38.2. The zero-order valence-corrected chi connectivity index (χ0v) is 45.7. The van der Waals surface area contributed by atoms with Crippen molar-refractivity contribution in [2.45, 2.75) is 172 Å². The molecule has 30 heteroatoms. The molecule has 442 valence electrons. The van der Waals surface area contributed by atoms with Gasteiger partial charge in [-0.2, -0.15) is 0 Å². The lowest BCUT2D eigenvalue weighted by Crippen LogP contribution is -2.60. The van der Waals surface area contributed by atoms with Crippen LogP contribution in [0.2, 0.25) is 0 Å². The van der Waals surface area contributed by atoms with Crippen LogP contribution in [0.1, 0.15) is 123 Å². The molecule has 0 aromatic carbocycles. The molecule has 0 unspecified atom stereocenters. The van der Waals surface area contributed by atoms with E-state index in [-0.39, 0.29) is 133 Å². The van der Waals surface area contributed by atoms with Gasteiger partial charge in [0.15, 0.2) is 17.9 Å². The summed E-state index contributed by atoms with van der Waals surface area (Å²) in [7, 11) is 0. The molecule has 0 spiro atoms. The van der Waals surface area contributed by atoms with Crippen LogP contribution in [-0.4, -0.2) is 161 Å². The number of unbranched alkanes of at least 4 members (excludes halogenated alkanes) is 2. The molecule has 0 bridgehead atoms. The van der Waals surface area contributed by atoms with Crippen LogP contribution in [0.5, 0.6) is 0 Å². The molecule has 0 fully saturated rings. The van der Waals surface area contributed by atoms with Crippen molar-refractivity contribution in [1.29, 1.82) is 16.2 Å². The summed E-state index contributed by atoms with van der Waals surface area (Å²) in [4.78, 5) is 117. The smallest absolute Gasteiger partial charge is 0.326 e. The fourth-order valence-electron chi connectivity index (χ4n) is 7.94. The van der Waals surface area contributed by atoms with Crippen molar-refractivity contribution in [3.05, 3.63) is 18.2 Å². The SMILES string of the molecule is CC(C)C[C@H](NC(=O)[C@H](CCCCN)NC(=O)[C@H](CCCNC(=N)N)NC(=O)[C@H](CC(C)C)NC(=O)[C@@H](N)Cc1c[nH]cn1)C(=O)N[C@@H](CCCNC(=N)N)C(=O)N[C@@H](CCCCN)C(=O)N[C@@H](CCCNC(=N)N)C(=O)O. The molecule has 0 aliphatic rings. The van der Waals surface area contributed by atoms with E-state index in [9.17, 15) is 43.5 Å². The van der Waals surface area contributed by atoms with Crippen LogP contribution in [0.25, 0.3) is 0 Å². The quantitative estimate of drug-likeness (QED) is 0.0168. The first-order valence-corrected chi connectivity index (χ1v) is 26.6. The summed E-state index contributed by atoms with van der Waals surface area (Å²) in [5.41, 5.74) is 34.5. The summed E-state index contributed by atoms with van der Waals surface area (Å²) in [6.07, 6.45) is 5.65. The molecule has 30 nitrogen and oxygen atoms in total. The maximum Gasteiger partial charge on any atom is 0.326 e. The van der Waals surface area contributed by atoms with Crippen LogP contribution >= 0.6 is 0 Å². The Bertz CT molecular complexity index is 2060. The molecule has 1 aromatic heterocycles. The first kappa shape index (κ1) is 68.7. The Hall–Kier alpha value is -7.34. The van der Waals surface area contributed by atoms with E-state index >= 15 is 0 Å². The van der Waals surface area contributed by atoms with E-state index in [1.807, 2.05) is 13.8 Å². The number of hydrogen-bond acceptors (Lipinski definition) is 15. The largest absolute Gasteiger partial charge is 0.480 e. The van der Waals surface area contributed by atoms with Gasteiger partial charge in [0.2, 0.25) is 41.4 Å². The monoisotopic (exact) mass is 1110 g/mol. The molecule has 1 aromatic rings. The highest BCUT2D eigenvalue weighted by atomic mass is 16.4. The van der Waals surface area contributed by atoms with Crippen LogP contribution in [0.15, 0.2) is 12.5 Å². The van der Waals surface area contributed by atoms with Crippen LogP contribution in [0.3, 0.4) is 0 Å². The second-order valence-corrected chi connectivity index (χ2v) is 19.9. The molecule has 0 aliphatic heterocycles. The van der Waals surface area contributed by atoms with E-state index in [2.05, 4.69) is 63.1 Å². The molecule has 78 heavy (non-hydrogen) atoms. The molecule has 0 saturated heterocycles. The Kier molecular flexibility index (Phi) is 33.7. The minimum atomic E-state index is -1.36. The molecule has 0 radical (unpaired) electrons. The van der Waals surface area contributed by atoms with Gasteiger partial charge in [0, 0.05) is 32.3 Å². The molecule has 8 atom stereocenters. The van der Waals surface area contributed by atoms with Gasteiger partial charge in [-0.05, 0) is 115 Å². The van der Waals surface area contributed by atoms with Crippen molar-refractivity contribution in [3.8, 4) is 0 Å². The Morgan fingerprint density at radius 2 is 0.808 bits per heavy atom. The van der Waals surface area contributed by atoms with Crippen molar-refractivity contribution in [1.82, 2.24) is 63.1 Å². The fourth-order valence-corrected chi connectivity index (χ4v) is 7.94. The zero-order valence-electron chi connectivity index (χ0n) is 45.7. The number of H-pyrrole nitrogens is 1. The topological polar surface area (TPSA) is 533 Å². The molecule has 27 N–H and O–H groups in total. The number of carboxylic acid groups (broad SMARTS) is 1. The summed E-state index contributed by atoms with van der Waals surface area (Å²) >= 11 is 0. The fraction of sp³-hybridized carbons (Fsp3) is 0.708. The molecular formula is C48H91N21O9. The first-order valence-electron chi connectivity index (χ1n) is 26.6. The number of hydrogen-bond donors (Lipinski definition) is 21. The van der Waals surface area contributed by atoms with E-state index < -0.39 is 95.7 Å². The summed E-state index contributed by atoms with van der Waals surface area (Å²) in [6.45, 7) is 8.27. The third-order valence-electron chi connectivity index (χ3n) is 12.0. The number of guanidine groups is 3. The lowest BCUT2D eigenvalue weighted by atomic mass is 10.00. The van der Waals surface area contributed by atoms with Gasteiger partial charge < -0.3 is 97.7 Å². The van der Waals surface area contributed by atoms with Gasteiger partial charge in [0.25, 0.3) is 0 Å². The molecule has 7 amide bonds. The summed E-state index contributed by atoms with van der Waals surface area (Å²) in [5.74, 6) is -7.85. The van der Waals surface area contributed by atoms with Crippen molar-refractivity contribution in [3.63, 3.8) is 0 Å². The summed E-state index contributed by atoms with van der Waals surface area (Å²) in [5, 5.41) is 59.0. The van der Waals surface area contributed by atoms with Gasteiger partial charge in [-0.15, -0.1) is 0 Å². The van der Waals surface area contributed by atoms with Crippen molar-refractivity contribution in [2.24, 2.45) is 46.2 Å². The van der Waals surface area contributed by atoms with E-state index in [1.165, 1.54) is 6.33 Å². The van der Waals surface area contributed by atoms with Crippen LogP contribution < -0.4 is 87.6 Å². The number of carboxylic acids is 1. The van der Waals surface area contributed by atoms with Crippen LogP contribution in [0, 0.1) is 28.1 Å². The number of nitrogens with zero attached hydrogens (tertiary/aromatic N) is 1. The normalized spacial score (nSPS) is 14.2. The maximum absolute atomic E-state index is 14.4. The minimum Gasteiger partial charge on any atom is -0.480 e. The number of carbonyl (C=O) groups excluding carboxylic acids is 7. The van der Waals surface area contributed by atoms with Crippen LogP contribution in [-0.2, 0) is 44.8 Å². The van der Waals surface area contributed by atoms with Gasteiger partial charge in [-0.3, -0.25) is 49.8 Å². The molecule has 0 saturated carbocycles. The first-order chi connectivity index (χ1) is 36.9. The van der Waals surface area contributed by atoms with Gasteiger partial charge in [0.1, 0.15) is 42.3 Å². The highest BCUT2D eigenvalue weighted by Crippen LogP contribution is 2.13. The van der Waals surface area contributed by atoms with E-state index in [0.29, 0.717) is 31.4 Å². The van der Waals surface area contributed by atoms with Gasteiger partial charge >= 0.3 is 5.97 Å². The molecular weight excluding hydrogens is 1010 g/mol. The standard InChI is InChI=1S/C48H91N21O9/c1-27(2)22-36(68-38(70)30(51)24-29-25-58-26-62-29)43(75)65-33(14-9-19-59-46(52)53)40(72)64-32(13-6-8-18-50)42(74)69-37(23-28(3)4)44(76)66-34(15-10-20-60-47(54)55)39(71)63-31(12-5-7-17-49)41(73)67-35(45(77)78)16-11-21-61-48(56)57/h25-28,30-37H,5-24,49-51H2,1-4H3,(H,58,62)(H,63,71)(H,64,72)(H,65,75)(H,66,76)(H,67,73)(H,68,70)(H,69,74)(H,77,78)(H4,52,53,59)(H4,54,55,60)(H4,56,57,61)/t30-,31-,32-,33-,34-,35-,36-,37-/m0/s1. The Balaban J connectivity index is 3.55. The lowest BCUT2D eigenvalue weighted by Gasteiger charge is -2.29. The lowest BCUT2D eigenvalue weighted by molar-refractivity contribution is -0.142. The number of aromatic nitrogens is 2. The maximum atomic E-state index is 14.4. The second-order valence-electron chi connectivity index (χ2n) is 19.9. The number of aliphatic carboxylic acids is 1. The number of nitrogens with one attached hydrogen (secondary N) is 14. The minimum absolute atomic E-state index is 0.00457. The van der Waals surface area contributed by atoms with E-state index in [4.69, 9.17) is 50.6 Å². The number of nitrogens with two attached hydrogens (primary N) is 6. The van der Waals surface area contributed by atoms with Gasteiger partial charge in [0.05, 0.1) is 18.1 Å². The number of aromatic amines is 1. The van der Waals surface area contributed by atoms with Crippen molar-refractivity contribution in [2.75, 3.05) is 32.7 Å². The Labute approximate surface area is 456 Å². The highest BCUT2D eigenvalue weighted by Gasteiger charge is 2.35. The molecule has 1 heterocycles. The predicted molar refractivity (Wildman–Crippen MR) is 294 cm³/mol. The number of carbonyl (C=O) groups is 8. The average molecular weight is 1110 g/mol. The highest BCUT2D eigenvalue weighted by molar-refractivity contribution is 5.97. The predicted octanol–water partition coefficient (Wildman–Crippen LogP) is -4.10. The van der Waals surface area contributed by atoms with Gasteiger partial charge in [-0.1, -0.05) is 27.7 Å². The third-order valence-corrected chi connectivity index (χ3v) is 12.0. The molecule has 0 aliphatic carbocycles.